The molecule has 1 heterocycles. The molecule has 0 spiro atoms. The molecule has 28 heavy (non-hydrogen) atoms. The van der Waals surface area contributed by atoms with Crippen molar-refractivity contribution in [1.82, 2.24) is 25.1 Å². The maximum absolute atomic E-state index is 4.50. The van der Waals surface area contributed by atoms with Gasteiger partial charge in [0.1, 0.15) is 5.82 Å². The summed E-state index contributed by atoms with van der Waals surface area (Å²) in [4.78, 5) is 11.3. The first-order valence-electron chi connectivity index (χ1n) is 10.4. The third-order valence-electron chi connectivity index (χ3n) is 5.02. The van der Waals surface area contributed by atoms with Crippen molar-refractivity contribution >= 4 is 5.96 Å². The van der Waals surface area contributed by atoms with Crippen LogP contribution in [-0.2, 0) is 13.1 Å². The highest BCUT2D eigenvalue weighted by Gasteiger charge is 2.08. The van der Waals surface area contributed by atoms with Crippen LogP contribution in [0.4, 0.5) is 0 Å². The lowest BCUT2D eigenvalue weighted by Gasteiger charge is -2.21. The SMILES string of the molecule is CCN(CC)CCCC(C)NC(=NC)NCc1nccn1Cc1ccccc1. The molecule has 0 amide bonds. The number of rotatable bonds is 11. The molecule has 0 aliphatic heterocycles. The molecule has 0 radical (unpaired) electrons. The molecular weight excluding hydrogens is 348 g/mol. The molecule has 0 aliphatic carbocycles. The molecule has 1 atom stereocenters. The standard InChI is InChI=1S/C22H36N6/c1-5-27(6-2)15-10-11-19(3)26-22(23-4)25-17-21-24-14-16-28(21)18-20-12-8-7-9-13-20/h7-9,12-14,16,19H,5-6,10-11,15,17-18H2,1-4H3,(H2,23,25,26). The molecule has 2 aromatic rings. The smallest absolute Gasteiger partial charge is 0.191 e. The molecule has 0 saturated heterocycles. The van der Waals surface area contributed by atoms with Gasteiger partial charge < -0.3 is 20.1 Å². The van der Waals surface area contributed by atoms with Crippen LogP contribution in [0.5, 0.6) is 0 Å². The van der Waals surface area contributed by atoms with Gasteiger partial charge in [0.15, 0.2) is 5.96 Å². The first-order chi connectivity index (χ1) is 13.7. The largest absolute Gasteiger partial charge is 0.354 e. The van der Waals surface area contributed by atoms with Gasteiger partial charge >= 0.3 is 0 Å². The average molecular weight is 385 g/mol. The lowest BCUT2D eigenvalue weighted by molar-refractivity contribution is 0.292. The number of aliphatic imine (C=N–C) groups is 1. The molecule has 154 valence electrons. The van der Waals surface area contributed by atoms with Gasteiger partial charge in [-0.25, -0.2) is 4.98 Å². The van der Waals surface area contributed by atoms with Crippen molar-refractivity contribution in [2.75, 3.05) is 26.7 Å². The van der Waals surface area contributed by atoms with Crippen LogP contribution in [0.1, 0.15) is 45.0 Å². The molecule has 0 aliphatic rings. The van der Waals surface area contributed by atoms with E-state index in [4.69, 9.17) is 0 Å². The molecule has 1 unspecified atom stereocenters. The maximum atomic E-state index is 4.50. The molecular formula is C22H36N6. The Bertz CT molecular complexity index is 690. The van der Waals surface area contributed by atoms with E-state index in [0.29, 0.717) is 12.6 Å². The van der Waals surface area contributed by atoms with Gasteiger partial charge in [-0.15, -0.1) is 0 Å². The van der Waals surface area contributed by atoms with Gasteiger partial charge in [-0.1, -0.05) is 44.2 Å². The fourth-order valence-corrected chi connectivity index (χ4v) is 3.26. The van der Waals surface area contributed by atoms with Crippen molar-refractivity contribution in [1.29, 1.82) is 0 Å². The van der Waals surface area contributed by atoms with E-state index in [-0.39, 0.29) is 0 Å². The summed E-state index contributed by atoms with van der Waals surface area (Å²) >= 11 is 0. The van der Waals surface area contributed by atoms with E-state index < -0.39 is 0 Å². The maximum Gasteiger partial charge on any atom is 0.191 e. The summed E-state index contributed by atoms with van der Waals surface area (Å²) in [6.07, 6.45) is 6.19. The minimum atomic E-state index is 0.380. The Balaban J connectivity index is 1.79. The third-order valence-corrected chi connectivity index (χ3v) is 5.02. The zero-order valence-electron chi connectivity index (χ0n) is 17.9. The molecule has 0 bridgehead atoms. The summed E-state index contributed by atoms with van der Waals surface area (Å²) in [5, 5.41) is 6.89. The van der Waals surface area contributed by atoms with E-state index in [0.717, 1.165) is 44.4 Å². The number of imidazole rings is 1. The number of aromatic nitrogens is 2. The molecule has 1 aromatic carbocycles. The second-order valence-electron chi connectivity index (χ2n) is 7.10. The van der Waals surface area contributed by atoms with Crippen LogP contribution in [0.3, 0.4) is 0 Å². The van der Waals surface area contributed by atoms with E-state index in [1.807, 2.05) is 25.5 Å². The lowest BCUT2D eigenvalue weighted by atomic mass is 10.2. The summed E-state index contributed by atoms with van der Waals surface area (Å²) in [7, 11) is 1.81. The van der Waals surface area contributed by atoms with Gasteiger partial charge in [0.05, 0.1) is 6.54 Å². The van der Waals surface area contributed by atoms with Crippen LogP contribution < -0.4 is 10.6 Å². The van der Waals surface area contributed by atoms with Crippen LogP contribution in [-0.4, -0.2) is 53.1 Å². The molecule has 1 aromatic heterocycles. The Kier molecular flexibility index (Phi) is 9.55. The van der Waals surface area contributed by atoms with Gasteiger partial charge in [-0.05, 0) is 45.0 Å². The van der Waals surface area contributed by atoms with Crippen molar-refractivity contribution in [2.24, 2.45) is 4.99 Å². The van der Waals surface area contributed by atoms with E-state index in [1.54, 1.807) is 0 Å². The molecule has 0 fully saturated rings. The Morgan fingerprint density at radius 1 is 1.21 bits per heavy atom. The van der Waals surface area contributed by atoms with Gasteiger partial charge in [0, 0.05) is 32.0 Å². The lowest BCUT2D eigenvalue weighted by Crippen LogP contribution is -2.42. The Hall–Kier alpha value is -2.34. The molecule has 2 rings (SSSR count). The van der Waals surface area contributed by atoms with Crippen LogP contribution >= 0.6 is 0 Å². The highest BCUT2D eigenvalue weighted by Crippen LogP contribution is 2.05. The summed E-state index contributed by atoms with van der Waals surface area (Å²) in [5.74, 6) is 1.82. The van der Waals surface area contributed by atoms with Crippen molar-refractivity contribution in [2.45, 2.75) is 52.7 Å². The predicted molar refractivity (Wildman–Crippen MR) is 118 cm³/mol. The average Bonchev–Trinajstić information content (AvgIpc) is 3.16. The van der Waals surface area contributed by atoms with E-state index >= 15 is 0 Å². The van der Waals surface area contributed by atoms with Crippen molar-refractivity contribution in [3.8, 4) is 0 Å². The van der Waals surface area contributed by atoms with Crippen molar-refractivity contribution in [3.05, 3.63) is 54.1 Å². The summed E-state index contributed by atoms with van der Waals surface area (Å²) in [6.45, 7) is 11.5. The Labute approximate surface area is 170 Å². The summed E-state index contributed by atoms with van der Waals surface area (Å²) < 4.78 is 2.17. The van der Waals surface area contributed by atoms with Gasteiger partial charge in [0.2, 0.25) is 0 Å². The zero-order valence-corrected chi connectivity index (χ0v) is 17.9. The van der Waals surface area contributed by atoms with E-state index in [1.165, 1.54) is 12.0 Å². The second kappa shape index (κ2) is 12.2. The fourth-order valence-electron chi connectivity index (χ4n) is 3.26. The predicted octanol–water partition coefficient (Wildman–Crippen LogP) is 3.11. The topological polar surface area (TPSA) is 57.5 Å². The van der Waals surface area contributed by atoms with Crippen LogP contribution in [0.25, 0.3) is 0 Å². The Morgan fingerprint density at radius 3 is 2.64 bits per heavy atom. The van der Waals surface area contributed by atoms with Crippen molar-refractivity contribution in [3.63, 3.8) is 0 Å². The third kappa shape index (κ3) is 7.35. The van der Waals surface area contributed by atoms with Gasteiger partial charge in [0.25, 0.3) is 0 Å². The van der Waals surface area contributed by atoms with Crippen molar-refractivity contribution < 1.29 is 0 Å². The highest BCUT2D eigenvalue weighted by molar-refractivity contribution is 5.79. The van der Waals surface area contributed by atoms with E-state index in [9.17, 15) is 0 Å². The molecule has 0 saturated carbocycles. The highest BCUT2D eigenvalue weighted by atomic mass is 15.2. The van der Waals surface area contributed by atoms with Gasteiger partial charge in [-0.2, -0.15) is 0 Å². The summed E-state index contributed by atoms with van der Waals surface area (Å²) in [5.41, 5.74) is 1.27. The number of nitrogens with zero attached hydrogens (tertiary/aromatic N) is 4. The van der Waals surface area contributed by atoms with Crippen LogP contribution in [0.15, 0.2) is 47.7 Å². The van der Waals surface area contributed by atoms with E-state index in [2.05, 4.69) is 75.1 Å². The first-order valence-corrected chi connectivity index (χ1v) is 10.4. The van der Waals surface area contributed by atoms with Crippen LogP contribution in [0.2, 0.25) is 0 Å². The van der Waals surface area contributed by atoms with Crippen LogP contribution in [0, 0.1) is 0 Å². The fraction of sp³-hybridized carbons (Fsp3) is 0.545. The second-order valence-corrected chi connectivity index (χ2v) is 7.10. The minimum Gasteiger partial charge on any atom is -0.354 e. The number of guanidine groups is 1. The zero-order chi connectivity index (χ0) is 20.2. The normalized spacial score (nSPS) is 13.0. The quantitative estimate of drug-likeness (QED) is 0.462. The first kappa shape index (κ1) is 22.0. The number of hydrogen-bond acceptors (Lipinski definition) is 3. The monoisotopic (exact) mass is 384 g/mol. The number of hydrogen-bond donors (Lipinski definition) is 2. The van der Waals surface area contributed by atoms with Gasteiger partial charge in [-0.3, -0.25) is 4.99 Å². The molecule has 2 N–H and O–H groups in total. The Morgan fingerprint density at radius 2 is 1.96 bits per heavy atom. The number of nitrogens with one attached hydrogen (secondary N) is 2. The molecule has 6 heteroatoms. The summed E-state index contributed by atoms with van der Waals surface area (Å²) in [6, 6.07) is 10.8. The number of benzene rings is 1. The molecule has 6 nitrogen and oxygen atoms in total. The minimum absolute atomic E-state index is 0.380.